The maximum absolute atomic E-state index is 11.7. The van der Waals surface area contributed by atoms with E-state index in [1.54, 1.807) is 12.1 Å². The van der Waals surface area contributed by atoms with Gasteiger partial charge in [0.05, 0.1) is 5.56 Å². The van der Waals surface area contributed by atoms with Gasteiger partial charge in [0.1, 0.15) is 5.75 Å². The highest BCUT2D eigenvalue weighted by atomic mass is 127. The lowest BCUT2D eigenvalue weighted by Gasteiger charge is -2.10. The SMILES string of the molecule is CC(CO)CNC(=O)c1cc(I)ccc1O. The van der Waals surface area contributed by atoms with Gasteiger partial charge in [-0.2, -0.15) is 0 Å². The third-order valence-corrected chi connectivity index (χ3v) is 2.80. The normalized spacial score (nSPS) is 12.2. The molecular formula is C11H14INO3. The molecule has 1 amide bonds. The van der Waals surface area contributed by atoms with Crippen LogP contribution in [0.25, 0.3) is 0 Å². The highest BCUT2D eigenvalue weighted by Gasteiger charge is 2.12. The minimum absolute atomic E-state index is 0.00822. The first-order chi connectivity index (χ1) is 7.54. The molecule has 16 heavy (non-hydrogen) atoms. The maximum Gasteiger partial charge on any atom is 0.255 e. The molecular weight excluding hydrogens is 321 g/mol. The van der Waals surface area contributed by atoms with Gasteiger partial charge in [-0.25, -0.2) is 0 Å². The molecule has 0 bridgehead atoms. The Hall–Kier alpha value is -0.820. The van der Waals surface area contributed by atoms with E-state index in [-0.39, 0.29) is 29.7 Å². The topological polar surface area (TPSA) is 69.6 Å². The van der Waals surface area contributed by atoms with Crippen LogP contribution >= 0.6 is 22.6 Å². The molecule has 1 rings (SSSR count). The predicted molar refractivity (Wildman–Crippen MR) is 69.4 cm³/mol. The second kappa shape index (κ2) is 6.05. The van der Waals surface area contributed by atoms with E-state index in [0.29, 0.717) is 6.54 Å². The van der Waals surface area contributed by atoms with Gasteiger partial charge in [-0.1, -0.05) is 6.92 Å². The number of hydrogen-bond acceptors (Lipinski definition) is 3. The molecule has 0 aromatic heterocycles. The van der Waals surface area contributed by atoms with E-state index in [1.165, 1.54) is 6.07 Å². The lowest BCUT2D eigenvalue weighted by molar-refractivity contribution is 0.0939. The Bertz CT molecular complexity index is 381. The van der Waals surface area contributed by atoms with Crippen LogP contribution in [0.15, 0.2) is 18.2 Å². The number of benzene rings is 1. The molecule has 0 radical (unpaired) electrons. The number of aromatic hydroxyl groups is 1. The summed E-state index contributed by atoms with van der Waals surface area (Å²) in [5.41, 5.74) is 0.261. The van der Waals surface area contributed by atoms with E-state index in [4.69, 9.17) is 5.11 Å². The van der Waals surface area contributed by atoms with E-state index in [9.17, 15) is 9.90 Å². The summed E-state index contributed by atoms with van der Waals surface area (Å²) in [6, 6.07) is 4.84. The first kappa shape index (κ1) is 13.2. The van der Waals surface area contributed by atoms with Gasteiger partial charge < -0.3 is 15.5 Å². The van der Waals surface area contributed by atoms with Crippen molar-refractivity contribution in [3.05, 3.63) is 27.3 Å². The number of phenolic OH excluding ortho intramolecular Hbond substituents is 1. The van der Waals surface area contributed by atoms with E-state index in [1.807, 2.05) is 6.92 Å². The summed E-state index contributed by atoms with van der Waals surface area (Å²) < 4.78 is 0.885. The molecule has 0 aliphatic heterocycles. The molecule has 0 saturated heterocycles. The average molecular weight is 335 g/mol. The van der Waals surface area contributed by atoms with Gasteiger partial charge in [0.15, 0.2) is 0 Å². The van der Waals surface area contributed by atoms with Crippen LogP contribution in [0, 0.1) is 9.49 Å². The van der Waals surface area contributed by atoms with Crippen LogP contribution in [-0.2, 0) is 0 Å². The lowest BCUT2D eigenvalue weighted by atomic mass is 10.1. The summed E-state index contributed by atoms with van der Waals surface area (Å²) in [5, 5.41) is 21.0. The van der Waals surface area contributed by atoms with E-state index in [0.717, 1.165) is 3.57 Å². The molecule has 0 aliphatic rings. The van der Waals surface area contributed by atoms with Crippen molar-refractivity contribution in [2.45, 2.75) is 6.92 Å². The van der Waals surface area contributed by atoms with Crippen molar-refractivity contribution in [3.63, 3.8) is 0 Å². The molecule has 3 N–H and O–H groups in total. The predicted octanol–water partition coefficient (Wildman–Crippen LogP) is 1.35. The third-order valence-electron chi connectivity index (χ3n) is 2.13. The maximum atomic E-state index is 11.7. The Labute approximate surface area is 108 Å². The average Bonchev–Trinajstić information content (AvgIpc) is 2.28. The molecule has 0 heterocycles. The molecule has 5 heteroatoms. The number of hydrogen-bond donors (Lipinski definition) is 3. The van der Waals surface area contributed by atoms with Crippen molar-refractivity contribution in [2.24, 2.45) is 5.92 Å². The Morgan fingerprint density at radius 2 is 2.25 bits per heavy atom. The van der Waals surface area contributed by atoms with E-state index < -0.39 is 0 Å². The van der Waals surface area contributed by atoms with Crippen molar-refractivity contribution in [2.75, 3.05) is 13.2 Å². The molecule has 0 fully saturated rings. The van der Waals surface area contributed by atoms with Gasteiger partial charge in [-0.15, -0.1) is 0 Å². The van der Waals surface area contributed by atoms with Crippen molar-refractivity contribution in [3.8, 4) is 5.75 Å². The van der Waals surface area contributed by atoms with Crippen LogP contribution in [0.2, 0.25) is 0 Å². The Morgan fingerprint density at radius 1 is 1.56 bits per heavy atom. The standard InChI is InChI=1S/C11H14INO3/c1-7(6-14)5-13-11(16)9-4-8(12)2-3-10(9)15/h2-4,7,14-15H,5-6H2,1H3,(H,13,16). The molecule has 88 valence electrons. The number of amides is 1. The molecule has 0 saturated carbocycles. The number of carbonyl (C=O) groups is 1. The molecule has 4 nitrogen and oxygen atoms in total. The zero-order chi connectivity index (χ0) is 12.1. The van der Waals surface area contributed by atoms with Crippen molar-refractivity contribution < 1.29 is 15.0 Å². The second-order valence-corrected chi connectivity index (χ2v) is 4.90. The first-order valence-electron chi connectivity index (χ1n) is 4.92. The molecule has 1 aromatic rings. The smallest absolute Gasteiger partial charge is 0.255 e. The summed E-state index contributed by atoms with van der Waals surface area (Å²) in [6.07, 6.45) is 0. The summed E-state index contributed by atoms with van der Waals surface area (Å²) in [6.45, 7) is 2.24. The fourth-order valence-electron chi connectivity index (χ4n) is 1.12. The lowest BCUT2D eigenvalue weighted by Crippen LogP contribution is -2.29. The quantitative estimate of drug-likeness (QED) is 0.728. The zero-order valence-electron chi connectivity index (χ0n) is 8.90. The van der Waals surface area contributed by atoms with Gasteiger partial charge in [-0.3, -0.25) is 4.79 Å². The zero-order valence-corrected chi connectivity index (χ0v) is 11.1. The Kier molecular flexibility index (Phi) is 5.01. The van der Waals surface area contributed by atoms with Gasteiger partial charge in [-0.05, 0) is 46.7 Å². The van der Waals surface area contributed by atoms with Crippen LogP contribution in [0.4, 0.5) is 0 Å². The fourth-order valence-corrected chi connectivity index (χ4v) is 1.61. The number of halogens is 1. The van der Waals surface area contributed by atoms with Crippen LogP contribution in [0.5, 0.6) is 5.75 Å². The Morgan fingerprint density at radius 3 is 2.88 bits per heavy atom. The molecule has 1 atom stereocenters. The molecule has 1 unspecified atom stereocenters. The number of nitrogens with one attached hydrogen (secondary N) is 1. The van der Waals surface area contributed by atoms with E-state index >= 15 is 0 Å². The number of aliphatic hydroxyl groups is 1. The third kappa shape index (κ3) is 3.64. The summed E-state index contributed by atoms with van der Waals surface area (Å²) in [4.78, 5) is 11.7. The van der Waals surface area contributed by atoms with Gasteiger partial charge in [0.25, 0.3) is 5.91 Å². The summed E-state index contributed by atoms with van der Waals surface area (Å²) in [5.74, 6) is -0.347. The van der Waals surface area contributed by atoms with Crippen molar-refractivity contribution in [1.29, 1.82) is 0 Å². The van der Waals surface area contributed by atoms with Crippen molar-refractivity contribution in [1.82, 2.24) is 5.32 Å². The minimum atomic E-state index is -0.323. The van der Waals surface area contributed by atoms with Gasteiger partial charge in [0, 0.05) is 16.7 Å². The summed E-state index contributed by atoms with van der Waals surface area (Å²) >= 11 is 2.07. The van der Waals surface area contributed by atoms with Gasteiger partial charge in [0.2, 0.25) is 0 Å². The van der Waals surface area contributed by atoms with E-state index in [2.05, 4.69) is 27.9 Å². The highest BCUT2D eigenvalue weighted by molar-refractivity contribution is 14.1. The summed E-state index contributed by atoms with van der Waals surface area (Å²) in [7, 11) is 0. The molecule has 1 aromatic carbocycles. The highest BCUT2D eigenvalue weighted by Crippen LogP contribution is 2.19. The number of phenols is 1. The number of rotatable bonds is 4. The van der Waals surface area contributed by atoms with Crippen LogP contribution < -0.4 is 5.32 Å². The monoisotopic (exact) mass is 335 g/mol. The number of aliphatic hydroxyl groups excluding tert-OH is 1. The molecule has 0 spiro atoms. The van der Waals surface area contributed by atoms with Crippen LogP contribution in [0.3, 0.4) is 0 Å². The largest absolute Gasteiger partial charge is 0.507 e. The minimum Gasteiger partial charge on any atom is -0.507 e. The van der Waals surface area contributed by atoms with Crippen molar-refractivity contribution >= 4 is 28.5 Å². The van der Waals surface area contributed by atoms with Crippen LogP contribution in [0.1, 0.15) is 17.3 Å². The second-order valence-electron chi connectivity index (χ2n) is 3.66. The van der Waals surface area contributed by atoms with Gasteiger partial charge >= 0.3 is 0 Å². The Balaban J connectivity index is 2.69. The van der Waals surface area contributed by atoms with Crippen LogP contribution in [-0.4, -0.2) is 29.3 Å². The molecule has 0 aliphatic carbocycles. The number of carbonyl (C=O) groups excluding carboxylic acids is 1. The fraction of sp³-hybridized carbons (Fsp3) is 0.364. The first-order valence-corrected chi connectivity index (χ1v) is 6.00.